The summed E-state index contributed by atoms with van der Waals surface area (Å²) in [6.45, 7) is 2.51. The Hall–Kier alpha value is -0.120. The Kier molecular flexibility index (Phi) is 3.98. The summed E-state index contributed by atoms with van der Waals surface area (Å²) >= 11 is 0. The fourth-order valence-electron chi connectivity index (χ4n) is 2.03. The quantitative estimate of drug-likeness (QED) is 0.611. The molecule has 1 aliphatic rings. The minimum atomic E-state index is -0.416. The smallest absolute Gasteiger partial charge is 0.104 e. The zero-order valence-corrected chi connectivity index (χ0v) is 7.74. The lowest BCUT2D eigenvalue weighted by Gasteiger charge is -2.30. The van der Waals surface area contributed by atoms with Crippen molar-refractivity contribution >= 4 is 0 Å². The highest BCUT2D eigenvalue weighted by Crippen LogP contribution is 2.24. The molecule has 0 bridgehead atoms. The highest BCUT2D eigenvalue weighted by Gasteiger charge is 2.24. The topological polar surface area (TPSA) is 43.7 Å². The second kappa shape index (κ2) is 4.80. The van der Waals surface area contributed by atoms with Gasteiger partial charge in [0.15, 0.2) is 0 Å². The van der Waals surface area contributed by atoms with Crippen LogP contribution >= 0.6 is 0 Å². The van der Waals surface area contributed by atoms with Crippen LogP contribution in [0.3, 0.4) is 0 Å². The molecule has 0 radical (unpaired) electrons. The molecule has 1 saturated carbocycles. The van der Waals surface area contributed by atoms with E-state index in [1.807, 2.05) is 4.90 Å². The molecule has 0 amide bonds. The molecule has 0 spiro atoms. The summed E-state index contributed by atoms with van der Waals surface area (Å²) in [5.74, 6) is 0. The van der Waals surface area contributed by atoms with Crippen molar-refractivity contribution in [1.82, 2.24) is 4.90 Å². The van der Waals surface area contributed by atoms with Gasteiger partial charge in [0.2, 0.25) is 0 Å². The third-order valence-electron chi connectivity index (χ3n) is 2.63. The highest BCUT2D eigenvalue weighted by atomic mass is 16.3. The molecule has 0 aromatic rings. The van der Waals surface area contributed by atoms with Crippen molar-refractivity contribution in [3.8, 4) is 0 Å². The molecule has 0 saturated heterocycles. The lowest BCUT2D eigenvalue weighted by Crippen LogP contribution is -2.42. The second-order valence-corrected chi connectivity index (χ2v) is 3.53. The molecule has 1 rings (SSSR count). The van der Waals surface area contributed by atoms with E-state index in [-0.39, 0.29) is 6.61 Å². The fraction of sp³-hybridized carbons (Fsp3) is 1.00. The van der Waals surface area contributed by atoms with Gasteiger partial charge in [-0.2, -0.15) is 0 Å². The van der Waals surface area contributed by atoms with Gasteiger partial charge < -0.3 is 10.2 Å². The van der Waals surface area contributed by atoms with E-state index in [0.717, 1.165) is 0 Å². The van der Waals surface area contributed by atoms with Crippen LogP contribution in [0.15, 0.2) is 0 Å². The van der Waals surface area contributed by atoms with Crippen LogP contribution in [-0.2, 0) is 0 Å². The average Bonchev–Trinajstić information content (AvgIpc) is 2.51. The molecular formula is C9H19NO2. The zero-order valence-electron chi connectivity index (χ0n) is 7.74. The second-order valence-electron chi connectivity index (χ2n) is 3.53. The molecule has 3 nitrogen and oxygen atoms in total. The molecule has 0 heterocycles. The summed E-state index contributed by atoms with van der Waals surface area (Å²) in [4.78, 5) is 1.99. The first kappa shape index (κ1) is 9.96. The van der Waals surface area contributed by atoms with Gasteiger partial charge in [-0.25, -0.2) is 0 Å². The Labute approximate surface area is 74.0 Å². The summed E-state index contributed by atoms with van der Waals surface area (Å²) in [6.07, 6.45) is 4.45. The monoisotopic (exact) mass is 173 g/mol. The van der Waals surface area contributed by atoms with Crippen LogP contribution in [0.25, 0.3) is 0 Å². The normalized spacial score (nSPS) is 22.0. The van der Waals surface area contributed by atoms with E-state index in [1.165, 1.54) is 25.7 Å². The Balaban J connectivity index is 2.40. The van der Waals surface area contributed by atoms with E-state index in [0.29, 0.717) is 12.6 Å². The van der Waals surface area contributed by atoms with Crippen molar-refractivity contribution in [2.24, 2.45) is 0 Å². The van der Waals surface area contributed by atoms with Crippen LogP contribution in [0, 0.1) is 0 Å². The number of aliphatic hydroxyl groups is 2. The van der Waals surface area contributed by atoms with Crippen molar-refractivity contribution in [2.75, 3.05) is 13.2 Å². The Morgan fingerprint density at radius 3 is 2.42 bits per heavy atom. The minimum Gasteiger partial charge on any atom is -0.395 e. The molecule has 1 aliphatic carbocycles. The summed E-state index contributed by atoms with van der Waals surface area (Å²) in [7, 11) is 0. The fourth-order valence-corrected chi connectivity index (χ4v) is 2.03. The first-order valence-electron chi connectivity index (χ1n) is 4.80. The Morgan fingerprint density at radius 2 is 2.00 bits per heavy atom. The van der Waals surface area contributed by atoms with Crippen molar-refractivity contribution in [3.63, 3.8) is 0 Å². The molecular weight excluding hydrogens is 154 g/mol. The molecule has 1 fully saturated rings. The van der Waals surface area contributed by atoms with Crippen molar-refractivity contribution in [2.45, 2.75) is 44.9 Å². The molecule has 1 atom stereocenters. The predicted molar refractivity (Wildman–Crippen MR) is 47.7 cm³/mol. The lowest BCUT2D eigenvalue weighted by atomic mass is 10.2. The van der Waals surface area contributed by atoms with E-state index in [1.54, 1.807) is 6.92 Å². The highest BCUT2D eigenvalue weighted by molar-refractivity contribution is 4.77. The number of nitrogens with zero attached hydrogens (tertiary/aromatic N) is 1. The van der Waals surface area contributed by atoms with Crippen LogP contribution in [0.1, 0.15) is 32.6 Å². The van der Waals surface area contributed by atoms with Gasteiger partial charge in [0.05, 0.1) is 6.61 Å². The van der Waals surface area contributed by atoms with Crippen molar-refractivity contribution < 1.29 is 10.2 Å². The molecule has 0 aromatic carbocycles. The van der Waals surface area contributed by atoms with Crippen molar-refractivity contribution in [3.05, 3.63) is 0 Å². The van der Waals surface area contributed by atoms with Gasteiger partial charge >= 0.3 is 0 Å². The molecule has 0 aromatic heterocycles. The van der Waals surface area contributed by atoms with Crippen LogP contribution in [0.4, 0.5) is 0 Å². The Morgan fingerprint density at radius 1 is 1.42 bits per heavy atom. The summed E-state index contributed by atoms with van der Waals surface area (Å²) < 4.78 is 0. The number of hydrogen-bond acceptors (Lipinski definition) is 3. The standard InChI is InChI=1S/C9H19NO2/c1-8(12)10(6-7-11)9-4-2-3-5-9/h8-9,11-12H,2-7H2,1H3. The van der Waals surface area contributed by atoms with E-state index in [2.05, 4.69) is 0 Å². The number of hydrogen-bond donors (Lipinski definition) is 2. The Bertz CT molecular complexity index is 122. The zero-order chi connectivity index (χ0) is 8.97. The maximum Gasteiger partial charge on any atom is 0.104 e. The molecule has 2 N–H and O–H groups in total. The van der Waals surface area contributed by atoms with Crippen LogP contribution < -0.4 is 0 Å². The van der Waals surface area contributed by atoms with E-state index < -0.39 is 6.23 Å². The SMILES string of the molecule is CC(O)N(CCO)C1CCCC1. The molecule has 0 aliphatic heterocycles. The molecule has 3 heteroatoms. The van der Waals surface area contributed by atoms with Gasteiger partial charge in [-0.3, -0.25) is 4.90 Å². The first-order chi connectivity index (χ1) is 5.75. The van der Waals surface area contributed by atoms with Crippen molar-refractivity contribution in [1.29, 1.82) is 0 Å². The summed E-state index contributed by atoms with van der Waals surface area (Å²) in [5.41, 5.74) is 0. The van der Waals surface area contributed by atoms with Gasteiger partial charge in [-0.15, -0.1) is 0 Å². The van der Waals surface area contributed by atoms with Gasteiger partial charge in [0.25, 0.3) is 0 Å². The first-order valence-corrected chi connectivity index (χ1v) is 4.80. The van der Waals surface area contributed by atoms with Crippen LogP contribution in [0.5, 0.6) is 0 Å². The van der Waals surface area contributed by atoms with Gasteiger partial charge in [0.1, 0.15) is 6.23 Å². The van der Waals surface area contributed by atoms with Gasteiger partial charge in [-0.05, 0) is 19.8 Å². The van der Waals surface area contributed by atoms with Crippen LogP contribution in [-0.4, -0.2) is 40.5 Å². The average molecular weight is 173 g/mol. The number of aliphatic hydroxyl groups excluding tert-OH is 2. The maximum atomic E-state index is 9.42. The lowest BCUT2D eigenvalue weighted by molar-refractivity contribution is -0.0192. The molecule has 12 heavy (non-hydrogen) atoms. The molecule has 1 unspecified atom stereocenters. The summed E-state index contributed by atoms with van der Waals surface area (Å²) in [5, 5.41) is 18.2. The van der Waals surface area contributed by atoms with E-state index in [9.17, 15) is 5.11 Å². The third kappa shape index (κ3) is 2.44. The van der Waals surface area contributed by atoms with Gasteiger partial charge in [0, 0.05) is 12.6 Å². The third-order valence-corrected chi connectivity index (χ3v) is 2.63. The van der Waals surface area contributed by atoms with E-state index in [4.69, 9.17) is 5.11 Å². The molecule has 72 valence electrons. The van der Waals surface area contributed by atoms with E-state index >= 15 is 0 Å². The van der Waals surface area contributed by atoms with Gasteiger partial charge in [-0.1, -0.05) is 12.8 Å². The largest absolute Gasteiger partial charge is 0.395 e. The van der Waals surface area contributed by atoms with Crippen LogP contribution in [0.2, 0.25) is 0 Å². The summed E-state index contributed by atoms with van der Waals surface area (Å²) in [6, 6.07) is 0.497. The number of rotatable bonds is 4. The minimum absolute atomic E-state index is 0.140. The predicted octanol–water partition coefficient (Wildman–Crippen LogP) is 0.562. The maximum absolute atomic E-state index is 9.42.